The van der Waals surface area contributed by atoms with Crippen LogP contribution in [0.3, 0.4) is 0 Å². The molecule has 0 aliphatic heterocycles. The lowest BCUT2D eigenvalue weighted by molar-refractivity contribution is -0.128. The zero-order chi connectivity index (χ0) is 23.9. The number of tetrazole rings is 1. The first kappa shape index (κ1) is 22.7. The first-order valence-corrected chi connectivity index (χ1v) is 10.7. The van der Waals surface area contributed by atoms with Crippen molar-refractivity contribution < 1.29 is 14.3 Å². The van der Waals surface area contributed by atoms with Crippen molar-refractivity contribution in [1.29, 1.82) is 0 Å². The van der Waals surface area contributed by atoms with E-state index in [0.717, 1.165) is 16.7 Å². The second-order valence-corrected chi connectivity index (χ2v) is 7.72. The molecule has 9 heteroatoms. The Labute approximate surface area is 196 Å². The summed E-state index contributed by atoms with van der Waals surface area (Å²) >= 11 is 0. The maximum absolute atomic E-state index is 12.4. The van der Waals surface area contributed by atoms with Gasteiger partial charge < -0.3 is 4.74 Å². The normalized spacial score (nSPS) is 11.5. The van der Waals surface area contributed by atoms with E-state index >= 15 is 0 Å². The van der Waals surface area contributed by atoms with E-state index in [4.69, 9.17) is 4.74 Å². The summed E-state index contributed by atoms with van der Waals surface area (Å²) in [5.41, 5.74) is 8.08. The molecule has 0 bridgehead atoms. The van der Waals surface area contributed by atoms with Crippen LogP contribution in [0.25, 0.3) is 11.4 Å². The van der Waals surface area contributed by atoms with Crippen molar-refractivity contribution in [3.05, 3.63) is 95.6 Å². The number of benzene rings is 3. The van der Waals surface area contributed by atoms with Crippen LogP contribution in [0.4, 0.5) is 0 Å². The summed E-state index contributed by atoms with van der Waals surface area (Å²) in [6.45, 7) is 3.99. The lowest BCUT2D eigenvalue weighted by Gasteiger charge is -2.15. The fourth-order valence-corrected chi connectivity index (χ4v) is 3.10. The third-order valence-corrected chi connectivity index (χ3v) is 5.03. The van der Waals surface area contributed by atoms with Crippen LogP contribution in [0.15, 0.2) is 78.9 Å². The largest absolute Gasteiger partial charge is 0.481 e. The molecular weight excluding hydrogens is 432 g/mol. The molecule has 0 radical (unpaired) electrons. The third kappa shape index (κ3) is 5.83. The molecule has 1 heterocycles. The summed E-state index contributed by atoms with van der Waals surface area (Å²) in [6.07, 6.45) is -0.777. The van der Waals surface area contributed by atoms with Gasteiger partial charge in [0.05, 0.1) is 6.54 Å². The minimum absolute atomic E-state index is 0.396. The number of carbonyl (C=O) groups excluding carboxylic acids is 2. The molecule has 4 aromatic rings. The predicted octanol–water partition coefficient (Wildman–Crippen LogP) is 2.93. The van der Waals surface area contributed by atoms with Gasteiger partial charge in [0.1, 0.15) is 5.75 Å². The maximum Gasteiger partial charge on any atom is 0.279 e. The van der Waals surface area contributed by atoms with Crippen LogP contribution < -0.4 is 15.6 Å². The monoisotopic (exact) mass is 456 g/mol. The Morgan fingerprint density at radius 2 is 1.65 bits per heavy atom. The molecule has 2 N–H and O–H groups in total. The second kappa shape index (κ2) is 10.4. The van der Waals surface area contributed by atoms with E-state index in [-0.39, 0.29) is 0 Å². The molecule has 1 unspecified atom stereocenters. The lowest BCUT2D eigenvalue weighted by atomic mass is 10.1. The number of amides is 2. The van der Waals surface area contributed by atoms with Crippen LogP contribution in [0, 0.1) is 6.92 Å². The number of nitrogens with one attached hydrogen (secondary N) is 2. The number of rotatable bonds is 7. The Morgan fingerprint density at radius 1 is 0.941 bits per heavy atom. The van der Waals surface area contributed by atoms with E-state index in [9.17, 15) is 9.59 Å². The number of nitrogens with zero attached hydrogens (tertiary/aromatic N) is 4. The van der Waals surface area contributed by atoms with Gasteiger partial charge >= 0.3 is 0 Å². The molecule has 9 nitrogen and oxygen atoms in total. The van der Waals surface area contributed by atoms with Crippen LogP contribution in [-0.2, 0) is 11.3 Å². The van der Waals surface area contributed by atoms with Crippen LogP contribution >= 0.6 is 0 Å². The number of hydrogen-bond donors (Lipinski definition) is 2. The molecule has 0 aliphatic rings. The zero-order valence-electron chi connectivity index (χ0n) is 18.8. The Kier molecular flexibility index (Phi) is 6.92. The van der Waals surface area contributed by atoms with Gasteiger partial charge in [-0.25, -0.2) is 0 Å². The fourth-order valence-electron chi connectivity index (χ4n) is 3.10. The van der Waals surface area contributed by atoms with Gasteiger partial charge in [-0.1, -0.05) is 60.2 Å². The zero-order valence-corrected chi connectivity index (χ0v) is 18.8. The van der Waals surface area contributed by atoms with Gasteiger partial charge in [-0.3, -0.25) is 20.4 Å². The van der Waals surface area contributed by atoms with Crippen molar-refractivity contribution in [2.75, 3.05) is 0 Å². The average molecular weight is 457 g/mol. The topological polar surface area (TPSA) is 111 Å². The van der Waals surface area contributed by atoms with Gasteiger partial charge in [0, 0.05) is 11.1 Å². The van der Waals surface area contributed by atoms with E-state index in [2.05, 4.69) is 26.3 Å². The standard InChI is InChI=1S/C25H24N6O3/c1-17-8-14-22(15-9-17)34-18(2)24(32)27-28-25(33)21-12-10-19(11-13-21)16-31-29-23(26-30-31)20-6-4-3-5-7-20/h3-15,18H,16H2,1-2H3,(H,27,32)(H,28,33). The van der Waals surface area contributed by atoms with Crippen molar-refractivity contribution in [1.82, 2.24) is 31.1 Å². The van der Waals surface area contributed by atoms with Gasteiger partial charge in [-0.2, -0.15) is 4.80 Å². The summed E-state index contributed by atoms with van der Waals surface area (Å²) in [6, 6.07) is 23.9. The third-order valence-electron chi connectivity index (χ3n) is 5.03. The quantitative estimate of drug-likeness (QED) is 0.414. The SMILES string of the molecule is Cc1ccc(OC(C)C(=O)NNC(=O)c2ccc(Cn3nnc(-c4ccccc4)n3)cc2)cc1. The highest BCUT2D eigenvalue weighted by Crippen LogP contribution is 2.14. The average Bonchev–Trinajstić information content (AvgIpc) is 3.33. The molecule has 1 aromatic heterocycles. The van der Waals surface area contributed by atoms with E-state index in [1.54, 1.807) is 43.3 Å². The van der Waals surface area contributed by atoms with E-state index in [0.29, 0.717) is 23.7 Å². The highest BCUT2D eigenvalue weighted by molar-refractivity contribution is 5.95. The second-order valence-electron chi connectivity index (χ2n) is 7.72. The molecule has 0 aliphatic carbocycles. The van der Waals surface area contributed by atoms with Crippen LogP contribution in [-0.4, -0.2) is 38.1 Å². The molecule has 0 spiro atoms. The molecule has 0 saturated heterocycles. The minimum atomic E-state index is -0.777. The molecule has 34 heavy (non-hydrogen) atoms. The summed E-state index contributed by atoms with van der Waals surface area (Å²) in [5, 5.41) is 12.6. The number of aryl methyl sites for hydroxylation is 1. The maximum atomic E-state index is 12.4. The van der Waals surface area contributed by atoms with E-state index in [1.807, 2.05) is 49.4 Å². The van der Waals surface area contributed by atoms with Crippen molar-refractivity contribution in [3.63, 3.8) is 0 Å². The number of aromatic nitrogens is 4. The van der Waals surface area contributed by atoms with E-state index in [1.165, 1.54) is 4.80 Å². The molecule has 2 amide bonds. The van der Waals surface area contributed by atoms with Crippen molar-refractivity contribution in [2.45, 2.75) is 26.5 Å². The van der Waals surface area contributed by atoms with Crippen LogP contribution in [0.1, 0.15) is 28.4 Å². The number of hydrogen-bond acceptors (Lipinski definition) is 6. The Morgan fingerprint density at radius 3 is 2.35 bits per heavy atom. The van der Waals surface area contributed by atoms with Gasteiger partial charge in [0.2, 0.25) is 5.82 Å². The highest BCUT2D eigenvalue weighted by Gasteiger charge is 2.16. The summed E-state index contributed by atoms with van der Waals surface area (Å²) in [4.78, 5) is 26.1. The van der Waals surface area contributed by atoms with Gasteiger partial charge in [0.25, 0.3) is 11.8 Å². The predicted molar refractivity (Wildman–Crippen MR) is 126 cm³/mol. The summed E-state index contributed by atoms with van der Waals surface area (Å²) < 4.78 is 5.59. The summed E-state index contributed by atoms with van der Waals surface area (Å²) in [5.74, 6) is 0.227. The molecule has 172 valence electrons. The molecule has 4 rings (SSSR count). The minimum Gasteiger partial charge on any atom is -0.481 e. The molecule has 1 atom stereocenters. The number of carbonyl (C=O) groups is 2. The van der Waals surface area contributed by atoms with Gasteiger partial charge in [-0.15, -0.1) is 10.2 Å². The first-order valence-electron chi connectivity index (χ1n) is 10.7. The van der Waals surface area contributed by atoms with Crippen molar-refractivity contribution >= 4 is 11.8 Å². The van der Waals surface area contributed by atoms with Crippen molar-refractivity contribution in [2.24, 2.45) is 0 Å². The number of ether oxygens (including phenoxy) is 1. The van der Waals surface area contributed by atoms with E-state index < -0.39 is 17.9 Å². The molecule has 0 fully saturated rings. The van der Waals surface area contributed by atoms with Crippen LogP contribution in [0.5, 0.6) is 5.75 Å². The first-order chi connectivity index (χ1) is 16.5. The fraction of sp³-hybridized carbons (Fsp3) is 0.160. The lowest BCUT2D eigenvalue weighted by Crippen LogP contribution is -2.47. The highest BCUT2D eigenvalue weighted by atomic mass is 16.5. The summed E-state index contributed by atoms with van der Waals surface area (Å²) in [7, 11) is 0. The molecular formula is C25H24N6O3. The van der Waals surface area contributed by atoms with Gasteiger partial charge in [0.15, 0.2) is 6.10 Å². The molecule has 0 saturated carbocycles. The van der Waals surface area contributed by atoms with Crippen molar-refractivity contribution in [3.8, 4) is 17.1 Å². The Hall–Kier alpha value is -4.53. The Balaban J connectivity index is 1.28. The smallest absolute Gasteiger partial charge is 0.279 e. The van der Waals surface area contributed by atoms with Gasteiger partial charge in [-0.05, 0) is 48.9 Å². The number of hydrazine groups is 1. The Bertz CT molecular complexity index is 1250. The van der Waals surface area contributed by atoms with Crippen LogP contribution in [0.2, 0.25) is 0 Å². The molecule has 3 aromatic carbocycles.